The quantitative estimate of drug-likeness (QED) is 0.747. The number of halogens is 1. The van der Waals surface area contributed by atoms with E-state index in [1.807, 2.05) is 25.1 Å². The number of aromatic nitrogens is 2. The average Bonchev–Trinajstić information content (AvgIpc) is 2.66. The van der Waals surface area contributed by atoms with Crippen LogP contribution in [0.25, 0.3) is 5.69 Å². The second kappa shape index (κ2) is 4.29. The molecule has 0 saturated heterocycles. The highest BCUT2D eigenvalue weighted by molar-refractivity contribution is 6.58. The second-order valence-corrected chi connectivity index (χ2v) is 3.95. The van der Waals surface area contributed by atoms with Gasteiger partial charge in [-0.2, -0.15) is 5.10 Å². The van der Waals surface area contributed by atoms with Crippen LogP contribution in [-0.2, 0) is 0 Å². The summed E-state index contributed by atoms with van der Waals surface area (Å²) in [4.78, 5) is 0. The van der Waals surface area contributed by atoms with Crippen LogP contribution in [0, 0.1) is 6.92 Å². The highest BCUT2D eigenvalue weighted by Gasteiger charge is 2.14. The maximum Gasteiger partial charge on any atom is 0.491 e. The highest BCUT2D eigenvalue weighted by atomic mass is 35.5. The van der Waals surface area contributed by atoms with E-state index < -0.39 is 7.12 Å². The fourth-order valence-corrected chi connectivity index (χ4v) is 1.72. The molecule has 2 rings (SSSR count). The van der Waals surface area contributed by atoms with Crippen LogP contribution in [0.15, 0.2) is 30.6 Å². The molecule has 0 saturated carbocycles. The molecule has 1 aromatic carbocycles. The van der Waals surface area contributed by atoms with Gasteiger partial charge in [0.15, 0.2) is 0 Å². The first-order valence-corrected chi connectivity index (χ1v) is 5.13. The van der Waals surface area contributed by atoms with Crippen molar-refractivity contribution in [3.8, 4) is 5.69 Å². The van der Waals surface area contributed by atoms with Gasteiger partial charge in [0.2, 0.25) is 0 Å². The van der Waals surface area contributed by atoms with Gasteiger partial charge < -0.3 is 10.0 Å². The lowest BCUT2D eigenvalue weighted by Crippen LogP contribution is -2.28. The molecule has 0 spiro atoms. The summed E-state index contributed by atoms with van der Waals surface area (Å²) in [6.45, 7) is 1.95. The Kier molecular flexibility index (Phi) is 3.00. The van der Waals surface area contributed by atoms with Gasteiger partial charge in [-0.1, -0.05) is 17.7 Å². The van der Waals surface area contributed by atoms with Gasteiger partial charge in [-0.05, 0) is 24.6 Å². The van der Waals surface area contributed by atoms with Crippen LogP contribution in [0.4, 0.5) is 0 Å². The summed E-state index contributed by atoms with van der Waals surface area (Å²) in [7, 11) is -1.52. The molecular formula is C10H10BClN2O2. The van der Waals surface area contributed by atoms with E-state index in [1.165, 1.54) is 17.1 Å². The predicted molar refractivity (Wildman–Crippen MR) is 63.1 cm³/mol. The summed E-state index contributed by atoms with van der Waals surface area (Å²) in [6, 6.07) is 5.57. The largest absolute Gasteiger partial charge is 0.491 e. The standard InChI is InChI=1S/C10H10BClN2O2/c1-7-2-3-10(9(12)4-7)14-6-8(5-13-14)11(15)16/h2-6,15-16H,1H3. The van der Waals surface area contributed by atoms with E-state index in [-0.39, 0.29) is 0 Å². The molecule has 2 N–H and O–H groups in total. The van der Waals surface area contributed by atoms with Gasteiger partial charge in [0.1, 0.15) is 0 Å². The molecule has 6 heteroatoms. The highest BCUT2D eigenvalue weighted by Crippen LogP contribution is 2.20. The lowest BCUT2D eigenvalue weighted by molar-refractivity contribution is 0.426. The summed E-state index contributed by atoms with van der Waals surface area (Å²) < 4.78 is 1.51. The van der Waals surface area contributed by atoms with Crippen molar-refractivity contribution in [2.45, 2.75) is 6.92 Å². The van der Waals surface area contributed by atoms with E-state index in [1.54, 1.807) is 0 Å². The Labute approximate surface area is 98.2 Å². The zero-order chi connectivity index (χ0) is 11.7. The van der Waals surface area contributed by atoms with Gasteiger partial charge >= 0.3 is 7.12 Å². The third-order valence-corrected chi connectivity index (χ3v) is 2.55. The van der Waals surface area contributed by atoms with Crippen molar-refractivity contribution < 1.29 is 10.0 Å². The monoisotopic (exact) mass is 236 g/mol. The zero-order valence-corrected chi connectivity index (χ0v) is 9.39. The Morgan fingerprint density at radius 3 is 2.69 bits per heavy atom. The van der Waals surface area contributed by atoms with Crippen molar-refractivity contribution >= 4 is 24.2 Å². The molecular weight excluding hydrogens is 226 g/mol. The minimum atomic E-state index is -1.52. The van der Waals surface area contributed by atoms with Gasteiger partial charge in [-0.25, -0.2) is 4.68 Å². The number of hydrogen-bond donors (Lipinski definition) is 2. The van der Waals surface area contributed by atoms with Crippen molar-refractivity contribution in [2.24, 2.45) is 0 Å². The van der Waals surface area contributed by atoms with Crippen molar-refractivity contribution in [2.75, 3.05) is 0 Å². The summed E-state index contributed by atoms with van der Waals surface area (Å²) >= 11 is 6.07. The summed E-state index contributed by atoms with van der Waals surface area (Å²) in [5.41, 5.74) is 2.10. The zero-order valence-electron chi connectivity index (χ0n) is 8.63. The third-order valence-electron chi connectivity index (χ3n) is 2.25. The second-order valence-electron chi connectivity index (χ2n) is 3.55. The number of aryl methyl sites for hydroxylation is 1. The van der Waals surface area contributed by atoms with Gasteiger partial charge in [-0.3, -0.25) is 0 Å². The Hall–Kier alpha value is -1.30. The van der Waals surface area contributed by atoms with E-state index >= 15 is 0 Å². The molecule has 1 heterocycles. The lowest BCUT2D eigenvalue weighted by atomic mass is 9.83. The third kappa shape index (κ3) is 2.11. The molecule has 4 nitrogen and oxygen atoms in total. The molecule has 0 bridgehead atoms. The minimum Gasteiger partial charge on any atom is -0.423 e. The Bertz CT molecular complexity index is 513. The van der Waals surface area contributed by atoms with Crippen molar-refractivity contribution in [1.82, 2.24) is 9.78 Å². The van der Waals surface area contributed by atoms with Crippen LogP contribution in [0.1, 0.15) is 5.56 Å². The maximum absolute atomic E-state index is 8.97. The van der Waals surface area contributed by atoms with Crippen LogP contribution in [0.3, 0.4) is 0 Å². The number of hydrogen-bond acceptors (Lipinski definition) is 3. The number of nitrogens with zero attached hydrogens (tertiary/aromatic N) is 2. The Morgan fingerprint density at radius 1 is 1.38 bits per heavy atom. The van der Waals surface area contributed by atoms with E-state index in [2.05, 4.69) is 5.10 Å². The predicted octanol–water partition coefficient (Wildman–Crippen LogP) is 0.514. The smallest absolute Gasteiger partial charge is 0.423 e. The van der Waals surface area contributed by atoms with E-state index in [0.29, 0.717) is 16.2 Å². The van der Waals surface area contributed by atoms with E-state index in [9.17, 15) is 0 Å². The number of rotatable bonds is 2. The molecule has 0 radical (unpaired) electrons. The molecule has 1 aromatic heterocycles. The first-order chi connectivity index (χ1) is 7.58. The average molecular weight is 236 g/mol. The fraction of sp³-hybridized carbons (Fsp3) is 0.100. The normalized spacial score (nSPS) is 10.5. The van der Waals surface area contributed by atoms with Gasteiger partial charge in [0.05, 0.1) is 10.7 Å². The lowest BCUT2D eigenvalue weighted by Gasteiger charge is -2.04. The first kappa shape index (κ1) is 11.2. The Balaban J connectivity index is 2.42. The summed E-state index contributed by atoms with van der Waals surface area (Å²) in [5, 5.41) is 22.5. The van der Waals surface area contributed by atoms with Crippen LogP contribution in [0.2, 0.25) is 5.02 Å². The molecule has 2 aromatic rings. The topological polar surface area (TPSA) is 58.3 Å². The summed E-state index contributed by atoms with van der Waals surface area (Å²) in [6.07, 6.45) is 2.92. The Morgan fingerprint density at radius 2 is 2.12 bits per heavy atom. The van der Waals surface area contributed by atoms with Crippen LogP contribution in [-0.4, -0.2) is 26.9 Å². The van der Waals surface area contributed by atoms with E-state index in [4.69, 9.17) is 21.6 Å². The van der Waals surface area contributed by atoms with Crippen molar-refractivity contribution in [3.05, 3.63) is 41.2 Å². The fourth-order valence-electron chi connectivity index (χ4n) is 1.40. The molecule has 0 aliphatic heterocycles. The van der Waals surface area contributed by atoms with Gasteiger partial charge in [-0.15, -0.1) is 0 Å². The first-order valence-electron chi connectivity index (χ1n) is 4.75. The molecule has 0 fully saturated rings. The van der Waals surface area contributed by atoms with Gasteiger partial charge in [0, 0.05) is 17.9 Å². The van der Waals surface area contributed by atoms with Crippen LogP contribution < -0.4 is 5.46 Å². The molecule has 16 heavy (non-hydrogen) atoms. The van der Waals surface area contributed by atoms with Crippen LogP contribution >= 0.6 is 11.6 Å². The summed E-state index contributed by atoms with van der Waals surface area (Å²) in [5.74, 6) is 0. The molecule has 0 amide bonds. The maximum atomic E-state index is 8.97. The molecule has 0 aliphatic carbocycles. The van der Waals surface area contributed by atoms with Crippen molar-refractivity contribution in [3.63, 3.8) is 0 Å². The molecule has 82 valence electrons. The number of benzene rings is 1. The minimum absolute atomic E-state index is 0.330. The molecule has 0 unspecified atom stereocenters. The molecule has 0 aliphatic rings. The van der Waals surface area contributed by atoms with E-state index in [0.717, 1.165) is 5.56 Å². The van der Waals surface area contributed by atoms with Crippen molar-refractivity contribution in [1.29, 1.82) is 0 Å². The molecule has 0 atom stereocenters. The van der Waals surface area contributed by atoms with Crippen LogP contribution in [0.5, 0.6) is 0 Å². The SMILES string of the molecule is Cc1ccc(-n2cc(B(O)O)cn2)c(Cl)c1. The van der Waals surface area contributed by atoms with Gasteiger partial charge in [0.25, 0.3) is 0 Å².